The Morgan fingerprint density at radius 1 is 1.04 bits per heavy atom. The van der Waals surface area contributed by atoms with Gasteiger partial charge in [0.25, 0.3) is 5.91 Å². The van der Waals surface area contributed by atoms with Crippen LogP contribution in [-0.2, 0) is 19.1 Å². The average molecular weight is 616 g/mol. The van der Waals surface area contributed by atoms with E-state index in [9.17, 15) is 19.2 Å². The predicted octanol–water partition coefficient (Wildman–Crippen LogP) is 4.51. The maximum Gasteiger partial charge on any atom is 0.338 e. The molecule has 11 nitrogen and oxygen atoms in total. The number of nitrogens with one attached hydrogen (secondary N) is 1. The number of likely N-dealkylation sites (tertiary alicyclic amines) is 1. The van der Waals surface area contributed by atoms with Crippen LogP contribution in [0.2, 0.25) is 0 Å². The Balaban J connectivity index is 1.10. The lowest BCUT2D eigenvalue weighted by Gasteiger charge is -2.33. The number of hydrogen-bond acceptors (Lipinski definition) is 9. The molecule has 2 aromatic carbocycles. The number of benzene rings is 2. The van der Waals surface area contributed by atoms with Gasteiger partial charge in [0, 0.05) is 6.54 Å². The largest absolute Gasteiger partial charge is 0.484 e. The topological polar surface area (TPSA) is 137 Å². The van der Waals surface area contributed by atoms with Crippen molar-refractivity contribution >= 4 is 23.8 Å². The smallest absolute Gasteiger partial charge is 0.338 e. The number of rotatable bonds is 10. The third-order valence-electron chi connectivity index (χ3n) is 8.60. The van der Waals surface area contributed by atoms with Gasteiger partial charge in [0.2, 0.25) is 11.7 Å². The monoisotopic (exact) mass is 615 g/mol. The molecule has 6 rings (SSSR count). The van der Waals surface area contributed by atoms with Gasteiger partial charge in [-0.2, -0.15) is 0 Å². The number of esters is 2. The SMILES string of the molecule is Cc1ncoc1C(=O)N[C@@H](C)[C@H](Oc1ccc(C(=O)O[C@H]2CCCN(C(=O)[C@H]3COC(=O)C3)C2)cc1)c1ccc(C2CC2)cc1. The van der Waals surface area contributed by atoms with Crippen molar-refractivity contribution in [2.24, 2.45) is 5.92 Å². The van der Waals surface area contributed by atoms with E-state index in [2.05, 4.69) is 22.4 Å². The molecule has 3 heterocycles. The van der Waals surface area contributed by atoms with Gasteiger partial charge in [-0.3, -0.25) is 14.4 Å². The maximum absolute atomic E-state index is 13.0. The van der Waals surface area contributed by atoms with E-state index in [1.165, 1.54) is 24.8 Å². The van der Waals surface area contributed by atoms with E-state index in [0.717, 1.165) is 5.56 Å². The van der Waals surface area contributed by atoms with Crippen molar-refractivity contribution in [3.63, 3.8) is 0 Å². The Labute approximate surface area is 261 Å². The molecule has 2 aliphatic heterocycles. The summed E-state index contributed by atoms with van der Waals surface area (Å²) in [6.07, 6.45) is 4.11. The zero-order chi connectivity index (χ0) is 31.5. The molecule has 1 aliphatic carbocycles. The molecule has 3 aliphatic rings. The minimum Gasteiger partial charge on any atom is -0.484 e. The summed E-state index contributed by atoms with van der Waals surface area (Å²) in [4.78, 5) is 55.8. The van der Waals surface area contributed by atoms with E-state index in [4.69, 9.17) is 18.6 Å². The summed E-state index contributed by atoms with van der Waals surface area (Å²) in [6, 6.07) is 14.5. The number of hydrogen-bond donors (Lipinski definition) is 1. The summed E-state index contributed by atoms with van der Waals surface area (Å²) < 4.78 is 22.4. The fraction of sp³-hybridized carbons (Fsp3) is 0.441. The Morgan fingerprint density at radius 2 is 1.80 bits per heavy atom. The predicted molar refractivity (Wildman–Crippen MR) is 160 cm³/mol. The van der Waals surface area contributed by atoms with Gasteiger partial charge in [0.1, 0.15) is 24.6 Å². The third kappa shape index (κ3) is 7.19. The van der Waals surface area contributed by atoms with Gasteiger partial charge in [-0.25, -0.2) is 9.78 Å². The average Bonchev–Trinajstić information content (AvgIpc) is 3.66. The van der Waals surface area contributed by atoms with Gasteiger partial charge < -0.3 is 28.8 Å². The minimum absolute atomic E-state index is 0.0904. The second kappa shape index (κ2) is 13.1. The van der Waals surface area contributed by atoms with Gasteiger partial charge in [0.05, 0.1) is 36.2 Å². The fourth-order valence-electron chi connectivity index (χ4n) is 5.90. The molecule has 0 spiro atoms. The van der Waals surface area contributed by atoms with Crippen molar-refractivity contribution in [2.45, 2.75) is 70.1 Å². The van der Waals surface area contributed by atoms with Crippen LogP contribution in [0.1, 0.15) is 88.8 Å². The van der Waals surface area contributed by atoms with Gasteiger partial charge >= 0.3 is 11.9 Å². The van der Waals surface area contributed by atoms with Crippen molar-refractivity contribution in [1.29, 1.82) is 0 Å². The highest BCUT2D eigenvalue weighted by Crippen LogP contribution is 2.40. The standard InChI is InChI=1S/C34H37N3O8/c1-20-31(43-19-35-20)32(39)36-21(2)30(24-9-7-23(8-10-24)22-5-6-22)44-27-13-11-25(12-14-27)34(41)45-28-4-3-15-37(17-28)33(40)26-16-29(38)42-18-26/h7-14,19,21-22,26,28,30H,3-6,15-18H2,1-2H3,(H,36,39)/t21-,26+,28-,30-/m0/s1. The van der Waals surface area contributed by atoms with Crippen LogP contribution in [-0.4, -0.2) is 65.5 Å². The van der Waals surface area contributed by atoms with Crippen molar-refractivity contribution in [2.75, 3.05) is 19.7 Å². The number of ether oxygens (including phenoxy) is 3. The van der Waals surface area contributed by atoms with E-state index >= 15 is 0 Å². The number of amides is 2. The Bertz CT molecular complexity index is 1550. The van der Waals surface area contributed by atoms with Crippen LogP contribution in [0.3, 0.4) is 0 Å². The van der Waals surface area contributed by atoms with Crippen LogP contribution in [0.15, 0.2) is 59.3 Å². The first-order valence-electron chi connectivity index (χ1n) is 15.5. The van der Waals surface area contributed by atoms with E-state index in [0.29, 0.717) is 42.3 Å². The molecular weight excluding hydrogens is 578 g/mol. The molecule has 0 bridgehead atoms. The van der Waals surface area contributed by atoms with Crippen molar-refractivity contribution in [3.05, 3.63) is 83.1 Å². The Hall–Kier alpha value is -4.67. The Morgan fingerprint density at radius 3 is 2.44 bits per heavy atom. The van der Waals surface area contributed by atoms with Gasteiger partial charge in [-0.05, 0) is 80.8 Å². The van der Waals surface area contributed by atoms with Crippen molar-refractivity contribution < 1.29 is 37.8 Å². The normalized spacial score (nSPS) is 21.0. The highest BCUT2D eigenvalue weighted by atomic mass is 16.5. The van der Waals surface area contributed by atoms with Crippen LogP contribution in [0.5, 0.6) is 5.75 Å². The molecule has 1 N–H and O–H groups in total. The molecule has 3 fully saturated rings. The summed E-state index contributed by atoms with van der Waals surface area (Å²) in [6.45, 7) is 4.52. The summed E-state index contributed by atoms with van der Waals surface area (Å²) >= 11 is 0. The molecule has 1 saturated carbocycles. The zero-order valence-electron chi connectivity index (χ0n) is 25.4. The molecule has 4 atom stereocenters. The lowest BCUT2D eigenvalue weighted by molar-refractivity contribution is -0.139. The van der Waals surface area contributed by atoms with Crippen molar-refractivity contribution in [3.8, 4) is 5.75 Å². The van der Waals surface area contributed by atoms with Crippen LogP contribution in [0, 0.1) is 12.8 Å². The number of carbonyl (C=O) groups excluding carboxylic acids is 4. The van der Waals surface area contributed by atoms with E-state index < -0.39 is 30.1 Å². The number of aryl methyl sites for hydroxylation is 1. The van der Waals surface area contributed by atoms with E-state index in [1.54, 1.807) is 36.1 Å². The molecule has 11 heteroatoms. The molecule has 0 unspecified atom stereocenters. The Kier molecular flexibility index (Phi) is 8.86. The van der Waals surface area contributed by atoms with Crippen LogP contribution in [0.25, 0.3) is 0 Å². The number of oxazole rings is 1. The summed E-state index contributed by atoms with van der Waals surface area (Å²) in [5.74, 6) is -0.560. The number of piperidine rings is 1. The van der Waals surface area contributed by atoms with Crippen LogP contribution in [0.4, 0.5) is 0 Å². The molecule has 1 aromatic heterocycles. The van der Waals surface area contributed by atoms with E-state index in [1.807, 2.05) is 19.1 Å². The van der Waals surface area contributed by atoms with Crippen LogP contribution >= 0.6 is 0 Å². The summed E-state index contributed by atoms with van der Waals surface area (Å²) in [5.41, 5.74) is 3.05. The molecule has 3 aromatic rings. The zero-order valence-corrected chi connectivity index (χ0v) is 25.4. The highest BCUT2D eigenvalue weighted by molar-refractivity contribution is 5.92. The third-order valence-corrected chi connectivity index (χ3v) is 8.60. The second-order valence-corrected chi connectivity index (χ2v) is 12.1. The van der Waals surface area contributed by atoms with Gasteiger partial charge in [-0.15, -0.1) is 0 Å². The highest BCUT2D eigenvalue weighted by Gasteiger charge is 2.36. The first-order chi connectivity index (χ1) is 21.7. The van der Waals surface area contributed by atoms with Crippen molar-refractivity contribution in [1.82, 2.24) is 15.2 Å². The van der Waals surface area contributed by atoms with E-state index in [-0.39, 0.29) is 43.1 Å². The number of nitrogens with zero attached hydrogens (tertiary/aromatic N) is 2. The summed E-state index contributed by atoms with van der Waals surface area (Å²) in [5, 5.41) is 2.97. The lowest BCUT2D eigenvalue weighted by Crippen LogP contribution is -2.46. The molecule has 2 saturated heterocycles. The number of aromatic nitrogens is 1. The quantitative estimate of drug-likeness (QED) is 0.327. The minimum atomic E-state index is -0.533. The first kappa shape index (κ1) is 30.4. The number of cyclic esters (lactones) is 1. The fourth-order valence-corrected chi connectivity index (χ4v) is 5.90. The molecule has 45 heavy (non-hydrogen) atoms. The first-order valence-corrected chi connectivity index (χ1v) is 15.5. The summed E-state index contributed by atoms with van der Waals surface area (Å²) in [7, 11) is 0. The van der Waals surface area contributed by atoms with Crippen LogP contribution < -0.4 is 10.1 Å². The molecule has 2 amide bonds. The molecule has 0 radical (unpaired) electrons. The van der Waals surface area contributed by atoms with Gasteiger partial charge in [-0.1, -0.05) is 24.3 Å². The lowest BCUT2D eigenvalue weighted by atomic mass is 10.00. The number of carbonyl (C=O) groups is 4. The molecular formula is C34H37N3O8. The molecule has 236 valence electrons. The second-order valence-electron chi connectivity index (χ2n) is 12.1. The van der Waals surface area contributed by atoms with Gasteiger partial charge in [0.15, 0.2) is 6.39 Å². The maximum atomic E-state index is 13.0.